The second-order valence-electron chi connectivity index (χ2n) is 6.47. The molecule has 0 spiro atoms. The largest absolute Gasteiger partial charge is 0.357 e. The van der Waals surface area contributed by atoms with E-state index >= 15 is 0 Å². The van der Waals surface area contributed by atoms with Crippen LogP contribution in [0, 0.1) is 12.8 Å². The second-order valence-corrected chi connectivity index (χ2v) is 6.47. The molecule has 2 fully saturated rings. The van der Waals surface area contributed by atoms with Crippen molar-refractivity contribution >= 4 is 5.82 Å². The standard InChI is InChI=1S/C17H27N3/c1-3-20(12-14-5-4-6-14)17-10-15(9-13(2)19-17)11-18-16-7-8-16/h9-10,14,16,18H,3-8,11-12H2,1-2H3. The first-order valence-electron chi connectivity index (χ1n) is 8.20. The highest BCUT2D eigenvalue weighted by atomic mass is 15.2. The maximum absolute atomic E-state index is 4.76. The zero-order chi connectivity index (χ0) is 13.9. The molecular weight excluding hydrogens is 246 g/mol. The summed E-state index contributed by atoms with van der Waals surface area (Å²) in [5.41, 5.74) is 2.52. The Morgan fingerprint density at radius 2 is 2.05 bits per heavy atom. The van der Waals surface area contributed by atoms with Crippen LogP contribution in [-0.4, -0.2) is 24.1 Å². The van der Waals surface area contributed by atoms with E-state index < -0.39 is 0 Å². The van der Waals surface area contributed by atoms with E-state index in [0.717, 1.165) is 30.7 Å². The fraction of sp³-hybridized carbons (Fsp3) is 0.706. The van der Waals surface area contributed by atoms with Crippen LogP contribution in [0.15, 0.2) is 12.1 Å². The van der Waals surface area contributed by atoms with Crippen LogP contribution in [0.25, 0.3) is 0 Å². The van der Waals surface area contributed by atoms with Crippen molar-refractivity contribution in [1.29, 1.82) is 0 Å². The molecule has 0 bridgehead atoms. The highest BCUT2D eigenvalue weighted by molar-refractivity contribution is 5.42. The number of nitrogens with zero attached hydrogens (tertiary/aromatic N) is 2. The smallest absolute Gasteiger partial charge is 0.129 e. The fourth-order valence-electron chi connectivity index (χ4n) is 2.91. The first-order chi connectivity index (χ1) is 9.74. The third-order valence-electron chi connectivity index (χ3n) is 4.58. The third kappa shape index (κ3) is 3.51. The number of aromatic nitrogens is 1. The normalized spacial score (nSPS) is 18.9. The van der Waals surface area contributed by atoms with Crippen LogP contribution in [0.3, 0.4) is 0 Å². The van der Waals surface area contributed by atoms with Gasteiger partial charge in [0.25, 0.3) is 0 Å². The van der Waals surface area contributed by atoms with Gasteiger partial charge in [-0.05, 0) is 63.1 Å². The Balaban J connectivity index is 1.68. The van der Waals surface area contributed by atoms with E-state index in [1.807, 2.05) is 0 Å². The average Bonchev–Trinajstić information content (AvgIpc) is 3.18. The summed E-state index contributed by atoms with van der Waals surface area (Å²) in [5.74, 6) is 2.07. The van der Waals surface area contributed by atoms with E-state index in [-0.39, 0.29) is 0 Å². The number of pyridine rings is 1. The Kier molecular flexibility index (Phi) is 4.25. The van der Waals surface area contributed by atoms with Crippen molar-refractivity contribution in [2.75, 3.05) is 18.0 Å². The molecular formula is C17H27N3. The van der Waals surface area contributed by atoms with Gasteiger partial charge in [0.05, 0.1) is 0 Å². The monoisotopic (exact) mass is 273 g/mol. The van der Waals surface area contributed by atoms with Crippen molar-refractivity contribution in [3.63, 3.8) is 0 Å². The minimum Gasteiger partial charge on any atom is -0.357 e. The number of aryl methyl sites for hydroxylation is 1. The Bertz CT molecular complexity index is 450. The lowest BCUT2D eigenvalue weighted by atomic mass is 9.85. The molecule has 1 heterocycles. The highest BCUT2D eigenvalue weighted by Crippen LogP contribution is 2.29. The lowest BCUT2D eigenvalue weighted by Crippen LogP contribution is -2.33. The van der Waals surface area contributed by atoms with Crippen molar-refractivity contribution in [3.05, 3.63) is 23.4 Å². The van der Waals surface area contributed by atoms with Crippen LogP contribution < -0.4 is 10.2 Å². The van der Waals surface area contributed by atoms with Gasteiger partial charge < -0.3 is 10.2 Å². The van der Waals surface area contributed by atoms with Gasteiger partial charge in [-0.2, -0.15) is 0 Å². The summed E-state index contributed by atoms with van der Waals surface area (Å²) in [6.45, 7) is 7.58. The van der Waals surface area contributed by atoms with Gasteiger partial charge in [-0.15, -0.1) is 0 Å². The SMILES string of the molecule is CCN(CC1CCC1)c1cc(CNC2CC2)cc(C)n1. The molecule has 2 aliphatic rings. The second kappa shape index (κ2) is 6.13. The lowest BCUT2D eigenvalue weighted by molar-refractivity contribution is 0.318. The molecule has 1 aromatic rings. The molecule has 1 N–H and O–H groups in total. The molecule has 0 aromatic carbocycles. The molecule has 2 aliphatic carbocycles. The topological polar surface area (TPSA) is 28.2 Å². The summed E-state index contributed by atoms with van der Waals surface area (Å²) < 4.78 is 0. The van der Waals surface area contributed by atoms with E-state index in [2.05, 4.69) is 36.2 Å². The van der Waals surface area contributed by atoms with Gasteiger partial charge in [-0.25, -0.2) is 4.98 Å². The molecule has 0 aliphatic heterocycles. The maximum atomic E-state index is 4.76. The molecule has 0 atom stereocenters. The van der Waals surface area contributed by atoms with E-state index in [0.29, 0.717) is 0 Å². The molecule has 3 nitrogen and oxygen atoms in total. The van der Waals surface area contributed by atoms with Crippen LogP contribution in [-0.2, 0) is 6.54 Å². The zero-order valence-electron chi connectivity index (χ0n) is 12.9. The molecule has 0 saturated heterocycles. The van der Waals surface area contributed by atoms with Gasteiger partial charge in [0, 0.05) is 31.4 Å². The number of hydrogen-bond acceptors (Lipinski definition) is 3. The molecule has 3 heteroatoms. The molecule has 1 aromatic heterocycles. The van der Waals surface area contributed by atoms with Crippen LogP contribution in [0.5, 0.6) is 0 Å². The number of rotatable bonds is 7. The first kappa shape index (κ1) is 13.9. The molecule has 3 rings (SSSR count). The molecule has 110 valence electrons. The van der Waals surface area contributed by atoms with E-state index in [9.17, 15) is 0 Å². The van der Waals surface area contributed by atoms with Crippen LogP contribution in [0.4, 0.5) is 5.82 Å². The van der Waals surface area contributed by atoms with E-state index in [1.165, 1.54) is 50.0 Å². The summed E-state index contributed by atoms with van der Waals surface area (Å²) in [7, 11) is 0. The zero-order valence-corrected chi connectivity index (χ0v) is 12.9. The van der Waals surface area contributed by atoms with Crippen LogP contribution >= 0.6 is 0 Å². The maximum Gasteiger partial charge on any atom is 0.129 e. The number of hydrogen-bond donors (Lipinski definition) is 1. The number of anilines is 1. The van der Waals surface area contributed by atoms with Crippen LogP contribution in [0.2, 0.25) is 0 Å². The number of nitrogens with one attached hydrogen (secondary N) is 1. The van der Waals surface area contributed by atoms with Gasteiger partial charge in [0.15, 0.2) is 0 Å². The molecule has 20 heavy (non-hydrogen) atoms. The van der Waals surface area contributed by atoms with Gasteiger partial charge in [0.1, 0.15) is 5.82 Å². The predicted molar refractivity (Wildman–Crippen MR) is 84.1 cm³/mol. The van der Waals surface area contributed by atoms with Crippen molar-refractivity contribution in [2.24, 2.45) is 5.92 Å². The third-order valence-corrected chi connectivity index (χ3v) is 4.58. The first-order valence-corrected chi connectivity index (χ1v) is 8.20. The lowest BCUT2D eigenvalue weighted by Gasteiger charge is -2.32. The van der Waals surface area contributed by atoms with Gasteiger partial charge in [-0.3, -0.25) is 0 Å². The fourth-order valence-corrected chi connectivity index (χ4v) is 2.91. The Morgan fingerprint density at radius 3 is 2.65 bits per heavy atom. The van der Waals surface area contributed by atoms with Gasteiger partial charge in [0.2, 0.25) is 0 Å². The quantitative estimate of drug-likeness (QED) is 0.826. The Labute approximate surface area is 122 Å². The molecule has 0 radical (unpaired) electrons. The Morgan fingerprint density at radius 1 is 1.25 bits per heavy atom. The highest BCUT2D eigenvalue weighted by Gasteiger charge is 2.22. The van der Waals surface area contributed by atoms with E-state index in [1.54, 1.807) is 0 Å². The minimum atomic E-state index is 0.768. The minimum absolute atomic E-state index is 0.768. The summed E-state index contributed by atoms with van der Waals surface area (Å²) in [6.07, 6.45) is 6.91. The average molecular weight is 273 g/mol. The summed E-state index contributed by atoms with van der Waals surface area (Å²) in [4.78, 5) is 7.21. The van der Waals surface area contributed by atoms with Gasteiger partial charge in [-0.1, -0.05) is 6.42 Å². The summed E-state index contributed by atoms with van der Waals surface area (Å²) in [6, 6.07) is 5.27. The molecule has 0 amide bonds. The Hall–Kier alpha value is -1.09. The molecule has 2 saturated carbocycles. The van der Waals surface area contributed by atoms with E-state index in [4.69, 9.17) is 4.98 Å². The van der Waals surface area contributed by atoms with Crippen molar-refractivity contribution < 1.29 is 0 Å². The molecule has 0 unspecified atom stereocenters. The van der Waals surface area contributed by atoms with Crippen LogP contribution in [0.1, 0.15) is 50.3 Å². The predicted octanol–water partition coefficient (Wildman–Crippen LogP) is 3.27. The summed E-state index contributed by atoms with van der Waals surface area (Å²) >= 11 is 0. The summed E-state index contributed by atoms with van der Waals surface area (Å²) in [5, 5.41) is 3.60. The van der Waals surface area contributed by atoms with Gasteiger partial charge >= 0.3 is 0 Å². The van der Waals surface area contributed by atoms with Crippen molar-refractivity contribution in [3.8, 4) is 0 Å². The van der Waals surface area contributed by atoms with Crippen molar-refractivity contribution in [1.82, 2.24) is 10.3 Å². The van der Waals surface area contributed by atoms with Crippen molar-refractivity contribution in [2.45, 2.75) is 58.5 Å².